The van der Waals surface area contributed by atoms with Crippen molar-refractivity contribution in [3.8, 4) is 0 Å². The van der Waals surface area contributed by atoms with Crippen LogP contribution >= 0.6 is 11.3 Å². The van der Waals surface area contributed by atoms with Crippen LogP contribution in [0.3, 0.4) is 0 Å². The minimum absolute atomic E-state index is 0.0440. The molecular weight excluding hydrogens is 312 g/mol. The highest BCUT2D eigenvalue weighted by Crippen LogP contribution is 2.34. The topological polar surface area (TPSA) is 50.8 Å². The van der Waals surface area contributed by atoms with Crippen LogP contribution in [-0.2, 0) is 15.9 Å². The predicted molar refractivity (Wildman–Crippen MR) is 90.6 cm³/mol. The van der Waals surface area contributed by atoms with Crippen LogP contribution in [0.15, 0.2) is 17.5 Å². The molecule has 2 fully saturated rings. The summed E-state index contributed by atoms with van der Waals surface area (Å²) in [4.78, 5) is 15.6. The smallest absolute Gasteiger partial charge is 0.317 e. The normalized spacial score (nSPS) is 23.9. The van der Waals surface area contributed by atoms with E-state index in [1.165, 1.54) is 4.88 Å². The van der Waals surface area contributed by atoms with Crippen molar-refractivity contribution in [2.75, 3.05) is 32.8 Å². The van der Waals surface area contributed by atoms with Crippen LogP contribution in [0.4, 0.5) is 4.79 Å². The Morgan fingerprint density at radius 3 is 3.04 bits per heavy atom. The number of piperidine rings is 1. The number of urea groups is 1. The van der Waals surface area contributed by atoms with Gasteiger partial charge in [-0.1, -0.05) is 6.07 Å². The third-order valence-corrected chi connectivity index (χ3v) is 5.70. The van der Waals surface area contributed by atoms with Crippen molar-refractivity contribution in [2.24, 2.45) is 5.92 Å². The fraction of sp³-hybridized carbons (Fsp3) is 0.706. The van der Waals surface area contributed by atoms with Gasteiger partial charge in [-0.3, -0.25) is 0 Å². The zero-order valence-corrected chi connectivity index (χ0v) is 14.6. The second-order valence-corrected chi connectivity index (χ2v) is 7.45. The van der Waals surface area contributed by atoms with E-state index >= 15 is 0 Å². The fourth-order valence-corrected chi connectivity index (χ4v) is 4.13. The lowest BCUT2D eigenvalue weighted by Crippen LogP contribution is -2.51. The van der Waals surface area contributed by atoms with Crippen LogP contribution in [0.1, 0.15) is 31.1 Å². The van der Waals surface area contributed by atoms with Crippen LogP contribution in [0.5, 0.6) is 0 Å². The van der Waals surface area contributed by atoms with Crippen molar-refractivity contribution in [1.82, 2.24) is 10.2 Å². The van der Waals surface area contributed by atoms with Crippen molar-refractivity contribution in [1.29, 1.82) is 0 Å². The quantitative estimate of drug-likeness (QED) is 0.840. The number of amides is 2. The van der Waals surface area contributed by atoms with Crippen molar-refractivity contribution in [3.63, 3.8) is 0 Å². The van der Waals surface area contributed by atoms with Gasteiger partial charge in [0, 0.05) is 30.4 Å². The first kappa shape index (κ1) is 16.7. The van der Waals surface area contributed by atoms with Gasteiger partial charge in [-0.05, 0) is 44.1 Å². The summed E-state index contributed by atoms with van der Waals surface area (Å²) in [5.41, 5.74) is 0. The minimum Gasteiger partial charge on any atom is -0.347 e. The number of hydrogen-bond donors (Lipinski definition) is 1. The number of carbonyl (C=O) groups is 1. The number of thiophene rings is 1. The largest absolute Gasteiger partial charge is 0.347 e. The molecule has 1 N–H and O–H groups in total. The summed E-state index contributed by atoms with van der Waals surface area (Å²) in [6.07, 6.45) is 4.07. The molecule has 1 aromatic heterocycles. The van der Waals surface area contributed by atoms with Gasteiger partial charge in [-0.25, -0.2) is 4.79 Å². The highest BCUT2D eigenvalue weighted by molar-refractivity contribution is 7.09. The van der Waals surface area contributed by atoms with Crippen LogP contribution in [0.2, 0.25) is 0 Å². The van der Waals surface area contributed by atoms with Gasteiger partial charge in [0.15, 0.2) is 5.79 Å². The Morgan fingerprint density at radius 1 is 1.48 bits per heavy atom. The molecule has 0 saturated carbocycles. The van der Waals surface area contributed by atoms with Crippen LogP contribution < -0.4 is 5.32 Å². The number of hydrogen-bond acceptors (Lipinski definition) is 4. The number of aryl methyl sites for hydroxylation is 1. The molecule has 3 heterocycles. The first-order valence-electron chi connectivity index (χ1n) is 8.50. The monoisotopic (exact) mass is 338 g/mol. The van der Waals surface area contributed by atoms with Crippen molar-refractivity contribution in [2.45, 2.75) is 38.4 Å². The Kier molecular flexibility index (Phi) is 5.56. The zero-order valence-electron chi connectivity index (χ0n) is 13.8. The molecule has 23 heavy (non-hydrogen) atoms. The van der Waals surface area contributed by atoms with Gasteiger partial charge in [0.2, 0.25) is 0 Å². The van der Waals surface area contributed by atoms with E-state index in [2.05, 4.69) is 22.8 Å². The van der Waals surface area contributed by atoms with E-state index in [-0.39, 0.29) is 11.9 Å². The van der Waals surface area contributed by atoms with Crippen LogP contribution in [-0.4, -0.2) is 49.6 Å². The number of carbonyl (C=O) groups excluding carboxylic acids is 1. The number of nitrogens with zero attached hydrogens (tertiary/aromatic N) is 1. The number of rotatable bonds is 5. The van der Waals surface area contributed by atoms with Gasteiger partial charge < -0.3 is 19.7 Å². The molecule has 0 aliphatic carbocycles. The molecule has 0 radical (unpaired) electrons. The maximum Gasteiger partial charge on any atom is 0.317 e. The summed E-state index contributed by atoms with van der Waals surface area (Å²) in [6.45, 7) is 5.58. The Labute approximate surface area is 142 Å². The molecule has 2 saturated heterocycles. The SMILES string of the molecule is CC1([C@H]2CCCN(C(=O)NCCCc3cccs3)C2)OCCO1. The highest BCUT2D eigenvalue weighted by atomic mass is 32.1. The molecule has 0 aromatic carbocycles. The van der Waals surface area contributed by atoms with E-state index in [1.807, 2.05) is 11.8 Å². The Balaban J connectivity index is 1.41. The Morgan fingerprint density at radius 2 is 2.30 bits per heavy atom. The lowest BCUT2D eigenvalue weighted by atomic mass is 9.90. The van der Waals surface area contributed by atoms with E-state index in [0.717, 1.165) is 38.8 Å². The van der Waals surface area contributed by atoms with Gasteiger partial charge in [0.05, 0.1) is 13.2 Å². The van der Waals surface area contributed by atoms with Crippen molar-refractivity contribution < 1.29 is 14.3 Å². The summed E-state index contributed by atoms with van der Waals surface area (Å²) in [7, 11) is 0. The van der Waals surface area contributed by atoms with E-state index in [9.17, 15) is 4.79 Å². The minimum atomic E-state index is -0.516. The number of likely N-dealkylation sites (tertiary alicyclic amines) is 1. The molecule has 0 spiro atoms. The second-order valence-electron chi connectivity index (χ2n) is 6.41. The van der Waals surface area contributed by atoms with E-state index in [1.54, 1.807) is 11.3 Å². The average molecular weight is 338 g/mol. The second kappa shape index (κ2) is 7.64. The molecule has 0 bridgehead atoms. The molecule has 1 atom stereocenters. The van der Waals surface area contributed by atoms with Gasteiger partial charge in [0.1, 0.15) is 0 Å². The molecule has 2 aliphatic rings. The fourth-order valence-electron chi connectivity index (χ4n) is 3.38. The van der Waals surface area contributed by atoms with E-state index in [0.29, 0.717) is 19.8 Å². The standard InChI is InChI=1S/C17H26N2O3S/c1-17(21-10-11-22-17)14-5-3-9-19(13-14)16(20)18-8-2-6-15-7-4-12-23-15/h4,7,12,14H,2-3,5-6,8-11,13H2,1H3,(H,18,20)/t14-/m0/s1. The maximum absolute atomic E-state index is 12.4. The molecule has 2 amide bonds. The highest BCUT2D eigenvalue weighted by Gasteiger charge is 2.42. The summed E-state index contributed by atoms with van der Waals surface area (Å²) < 4.78 is 11.5. The number of ether oxygens (including phenoxy) is 2. The maximum atomic E-state index is 12.4. The molecule has 1 aromatic rings. The van der Waals surface area contributed by atoms with E-state index in [4.69, 9.17) is 9.47 Å². The molecule has 3 rings (SSSR count). The molecule has 2 aliphatic heterocycles. The number of nitrogens with one attached hydrogen (secondary N) is 1. The molecule has 0 unspecified atom stereocenters. The first-order chi connectivity index (χ1) is 11.2. The zero-order chi connectivity index (χ0) is 16.1. The van der Waals surface area contributed by atoms with Gasteiger partial charge in [-0.15, -0.1) is 11.3 Å². The Bertz CT molecular complexity index is 500. The summed E-state index contributed by atoms with van der Waals surface area (Å²) in [6, 6.07) is 4.26. The third kappa shape index (κ3) is 4.25. The summed E-state index contributed by atoms with van der Waals surface area (Å²) in [5.74, 6) is -0.256. The molecule has 5 nitrogen and oxygen atoms in total. The molecule has 6 heteroatoms. The van der Waals surface area contributed by atoms with Crippen molar-refractivity contribution >= 4 is 17.4 Å². The van der Waals surface area contributed by atoms with Crippen LogP contribution in [0, 0.1) is 5.92 Å². The molecule has 128 valence electrons. The van der Waals surface area contributed by atoms with Gasteiger partial charge >= 0.3 is 6.03 Å². The Hall–Kier alpha value is -1.11. The van der Waals surface area contributed by atoms with Gasteiger partial charge in [-0.2, -0.15) is 0 Å². The summed E-state index contributed by atoms with van der Waals surface area (Å²) >= 11 is 1.77. The lowest BCUT2D eigenvalue weighted by molar-refractivity contribution is -0.189. The first-order valence-corrected chi connectivity index (χ1v) is 9.38. The lowest BCUT2D eigenvalue weighted by Gasteiger charge is -2.39. The average Bonchev–Trinajstić information content (AvgIpc) is 3.24. The van der Waals surface area contributed by atoms with E-state index < -0.39 is 5.79 Å². The third-order valence-electron chi connectivity index (χ3n) is 4.77. The van der Waals surface area contributed by atoms with Crippen LogP contribution in [0.25, 0.3) is 0 Å². The van der Waals surface area contributed by atoms with Gasteiger partial charge in [0.25, 0.3) is 0 Å². The summed E-state index contributed by atoms with van der Waals surface area (Å²) in [5, 5.41) is 5.14. The molecular formula is C17H26N2O3S. The van der Waals surface area contributed by atoms with Crippen molar-refractivity contribution in [3.05, 3.63) is 22.4 Å². The predicted octanol–water partition coefficient (Wildman–Crippen LogP) is 2.87.